The van der Waals surface area contributed by atoms with Crippen LogP contribution in [-0.2, 0) is 4.74 Å². The summed E-state index contributed by atoms with van der Waals surface area (Å²) in [6, 6.07) is 0. The van der Waals surface area contributed by atoms with E-state index in [1.807, 2.05) is 0 Å². The number of hydrogen-bond acceptors (Lipinski definition) is 3. The molecule has 3 nitrogen and oxygen atoms in total. The van der Waals surface area contributed by atoms with E-state index in [1.54, 1.807) is 6.92 Å². The van der Waals surface area contributed by atoms with Gasteiger partial charge in [0, 0.05) is 7.11 Å². The van der Waals surface area contributed by atoms with Crippen LogP contribution in [0.15, 0.2) is 0 Å². The molecule has 0 fully saturated rings. The molecule has 0 aliphatic carbocycles. The molecule has 0 aliphatic rings. The smallest absolute Gasteiger partial charge is 0.111 e. The van der Waals surface area contributed by atoms with Gasteiger partial charge in [-0.05, 0) is 13.8 Å². The summed E-state index contributed by atoms with van der Waals surface area (Å²) >= 11 is 0. The molecule has 0 amide bonds. The molecule has 0 aliphatic heterocycles. The molecule has 0 bridgehead atoms. The van der Waals surface area contributed by atoms with E-state index in [9.17, 15) is 5.11 Å². The van der Waals surface area contributed by atoms with Crippen molar-refractivity contribution in [1.82, 2.24) is 0 Å². The Balaban J connectivity index is 3.80. The first kappa shape index (κ1) is 8.88. The Morgan fingerprint density at radius 1 is 1.67 bits per heavy atom. The molecule has 0 saturated heterocycles. The van der Waals surface area contributed by atoms with Crippen molar-refractivity contribution >= 4 is 0 Å². The first-order valence-corrected chi connectivity index (χ1v) is 2.90. The number of hydrogen-bond donors (Lipinski definition) is 2. The second-order valence-electron chi connectivity index (χ2n) is 2.39. The van der Waals surface area contributed by atoms with Gasteiger partial charge in [-0.3, -0.25) is 0 Å². The molecule has 0 spiro atoms. The summed E-state index contributed by atoms with van der Waals surface area (Å²) in [5.74, 6) is 0. The van der Waals surface area contributed by atoms with Crippen LogP contribution >= 0.6 is 0 Å². The molecule has 56 valence electrons. The van der Waals surface area contributed by atoms with Gasteiger partial charge >= 0.3 is 0 Å². The number of rotatable bonds is 3. The molecule has 0 aromatic rings. The van der Waals surface area contributed by atoms with E-state index < -0.39 is 5.60 Å². The van der Waals surface area contributed by atoms with Crippen molar-refractivity contribution in [3.63, 3.8) is 0 Å². The Bertz CT molecular complexity index is 80.4. The molecule has 0 aromatic heterocycles. The fourth-order valence-corrected chi connectivity index (χ4v) is 0.382. The SMILES string of the molecule is COC(C)C(C)(O)CO. The second kappa shape index (κ2) is 3.15. The average molecular weight is 134 g/mol. The third kappa shape index (κ3) is 2.30. The lowest BCUT2D eigenvalue weighted by molar-refractivity contribution is -0.0994. The highest BCUT2D eigenvalue weighted by Gasteiger charge is 2.26. The van der Waals surface area contributed by atoms with Crippen LogP contribution in [0.3, 0.4) is 0 Å². The quantitative estimate of drug-likeness (QED) is 0.560. The van der Waals surface area contributed by atoms with Gasteiger partial charge in [0.05, 0.1) is 12.7 Å². The minimum Gasteiger partial charge on any atom is -0.393 e. The van der Waals surface area contributed by atoms with E-state index in [-0.39, 0.29) is 12.7 Å². The van der Waals surface area contributed by atoms with Gasteiger partial charge in [-0.15, -0.1) is 0 Å². The standard InChI is InChI=1S/C6H14O3/c1-5(9-3)6(2,8)4-7/h5,7-8H,4H2,1-3H3. The maximum absolute atomic E-state index is 9.22. The van der Waals surface area contributed by atoms with E-state index in [0.29, 0.717) is 0 Å². The largest absolute Gasteiger partial charge is 0.393 e. The Labute approximate surface area is 55.3 Å². The summed E-state index contributed by atoms with van der Waals surface area (Å²) in [5, 5.41) is 17.8. The van der Waals surface area contributed by atoms with E-state index in [2.05, 4.69) is 0 Å². The predicted molar refractivity (Wildman–Crippen MR) is 34.2 cm³/mol. The van der Waals surface area contributed by atoms with Gasteiger partial charge in [0.25, 0.3) is 0 Å². The molecule has 2 unspecified atom stereocenters. The highest BCUT2D eigenvalue weighted by Crippen LogP contribution is 2.10. The molecule has 0 rings (SSSR count). The third-order valence-corrected chi connectivity index (χ3v) is 1.55. The van der Waals surface area contributed by atoms with Crippen molar-refractivity contribution in [3.8, 4) is 0 Å². The summed E-state index contributed by atoms with van der Waals surface area (Å²) < 4.78 is 4.80. The zero-order valence-electron chi connectivity index (χ0n) is 6.09. The Kier molecular flexibility index (Phi) is 3.11. The zero-order chi connectivity index (χ0) is 7.49. The van der Waals surface area contributed by atoms with Crippen molar-refractivity contribution in [2.75, 3.05) is 13.7 Å². The number of aliphatic hydroxyl groups excluding tert-OH is 1. The fourth-order valence-electron chi connectivity index (χ4n) is 0.382. The van der Waals surface area contributed by atoms with Gasteiger partial charge in [-0.1, -0.05) is 0 Å². The number of aliphatic hydroxyl groups is 2. The maximum Gasteiger partial charge on any atom is 0.111 e. The molecular formula is C6H14O3. The summed E-state index contributed by atoms with van der Waals surface area (Å²) in [7, 11) is 1.49. The summed E-state index contributed by atoms with van der Waals surface area (Å²) in [5.41, 5.74) is -1.12. The molecular weight excluding hydrogens is 120 g/mol. The Morgan fingerprint density at radius 2 is 2.11 bits per heavy atom. The van der Waals surface area contributed by atoms with Gasteiger partial charge in [0.2, 0.25) is 0 Å². The molecule has 0 saturated carbocycles. The number of ether oxygens (including phenoxy) is 1. The molecule has 0 heterocycles. The molecule has 2 N–H and O–H groups in total. The van der Waals surface area contributed by atoms with Crippen molar-refractivity contribution in [2.45, 2.75) is 25.6 Å². The van der Waals surface area contributed by atoms with Crippen LogP contribution in [0.4, 0.5) is 0 Å². The van der Waals surface area contributed by atoms with Crippen molar-refractivity contribution in [2.24, 2.45) is 0 Å². The van der Waals surface area contributed by atoms with Crippen LogP contribution in [-0.4, -0.2) is 35.6 Å². The van der Waals surface area contributed by atoms with Crippen LogP contribution in [0.1, 0.15) is 13.8 Å². The molecule has 0 aromatic carbocycles. The van der Waals surface area contributed by atoms with Crippen LogP contribution in [0.25, 0.3) is 0 Å². The third-order valence-electron chi connectivity index (χ3n) is 1.55. The fraction of sp³-hybridized carbons (Fsp3) is 1.00. The first-order valence-electron chi connectivity index (χ1n) is 2.90. The zero-order valence-corrected chi connectivity index (χ0v) is 6.09. The second-order valence-corrected chi connectivity index (χ2v) is 2.39. The van der Waals surface area contributed by atoms with E-state index >= 15 is 0 Å². The minimum atomic E-state index is -1.12. The highest BCUT2D eigenvalue weighted by molar-refractivity contribution is 4.77. The van der Waals surface area contributed by atoms with Gasteiger partial charge in [0.1, 0.15) is 5.60 Å². The predicted octanol–water partition coefficient (Wildman–Crippen LogP) is -0.235. The van der Waals surface area contributed by atoms with Crippen LogP contribution in [0.5, 0.6) is 0 Å². The Morgan fingerprint density at radius 3 is 2.22 bits per heavy atom. The van der Waals surface area contributed by atoms with Crippen LogP contribution in [0.2, 0.25) is 0 Å². The van der Waals surface area contributed by atoms with E-state index in [0.717, 1.165) is 0 Å². The van der Waals surface area contributed by atoms with Crippen LogP contribution in [0, 0.1) is 0 Å². The number of methoxy groups -OCH3 is 1. The topological polar surface area (TPSA) is 49.7 Å². The maximum atomic E-state index is 9.22. The monoisotopic (exact) mass is 134 g/mol. The van der Waals surface area contributed by atoms with Crippen molar-refractivity contribution < 1.29 is 14.9 Å². The van der Waals surface area contributed by atoms with Crippen molar-refractivity contribution in [3.05, 3.63) is 0 Å². The van der Waals surface area contributed by atoms with Crippen molar-refractivity contribution in [1.29, 1.82) is 0 Å². The molecule has 2 atom stereocenters. The summed E-state index contributed by atoms with van der Waals surface area (Å²) in [4.78, 5) is 0. The van der Waals surface area contributed by atoms with E-state index in [4.69, 9.17) is 9.84 Å². The lowest BCUT2D eigenvalue weighted by Gasteiger charge is -2.26. The van der Waals surface area contributed by atoms with Gasteiger partial charge in [-0.25, -0.2) is 0 Å². The van der Waals surface area contributed by atoms with Gasteiger partial charge in [0.15, 0.2) is 0 Å². The Hall–Kier alpha value is -0.120. The van der Waals surface area contributed by atoms with E-state index in [1.165, 1.54) is 14.0 Å². The lowest BCUT2D eigenvalue weighted by Crippen LogP contribution is -2.41. The highest BCUT2D eigenvalue weighted by atomic mass is 16.5. The normalized spacial score (nSPS) is 21.0. The van der Waals surface area contributed by atoms with Gasteiger partial charge in [-0.2, -0.15) is 0 Å². The average Bonchev–Trinajstić information content (AvgIpc) is 1.86. The summed E-state index contributed by atoms with van der Waals surface area (Å²) in [6.07, 6.45) is -0.331. The molecule has 3 heteroatoms. The minimum absolute atomic E-state index is 0.276. The first-order chi connectivity index (χ1) is 4.04. The molecule has 0 radical (unpaired) electrons. The molecule has 9 heavy (non-hydrogen) atoms. The van der Waals surface area contributed by atoms with Gasteiger partial charge < -0.3 is 14.9 Å². The summed E-state index contributed by atoms with van der Waals surface area (Å²) in [6.45, 7) is 2.96. The van der Waals surface area contributed by atoms with Crippen LogP contribution < -0.4 is 0 Å². The lowest BCUT2D eigenvalue weighted by atomic mass is 10.0.